The average molecular weight is 333 g/mol. The van der Waals surface area contributed by atoms with Crippen LogP contribution in [0.5, 0.6) is 5.75 Å². The highest BCUT2D eigenvalue weighted by Gasteiger charge is 2.31. The molecule has 1 unspecified atom stereocenters. The van der Waals surface area contributed by atoms with Gasteiger partial charge in [0.1, 0.15) is 5.75 Å². The van der Waals surface area contributed by atoms with E-state index in [2.05, 4.69) is 5.32 Å². The van der Waals surface area contributed by atoms with Gasteiger partial charge in [0.15, 0.2) is 6.10 Å². The first-order valence-corrected chi connectivity index (χ1v) is 8.53. The van der Waals surface area contributed by atoms with Crippen molar-refractivity contribution in [1.29, 1.82) is 0 Å². The van der Waals surface area contributed by atoms with Gasteiger partial charge >= 0.3 is 0 Å². The Morgan fingerprint density at radius 2 is 2.00 bits per heavy atom. The zero-order valence-corrected chi connectivity index (χ0v) is 14.7. The number of nitrogens with zero attached hydrogens (tertiary/aromatic N) is 1. The lowest BCUT2D eigenvalue weighted by atomic mass is 9.94. The molecule has 1 aromatic carbocycles. The molecule has 0 bridgehead atoms. The standard InChI is InChI=1S/C18H27N3O3/c1-4-18(19,5-2)12-20-16(22)10-11-21-14-8-6-7-9-15(14)24-13(3)17(21)23/h6-9,13H,4-5,10-12,19H2,1-3H3,(H,20,22). The van der Waals surface area contributed by atoms with Gasteiger partial charge in [0, 0.05) is 25.0 Å². The summed E-state index contributed by atoms with van der Waals surface area (Å²) in [6.07, 6.45) is 1.30. The first-order chi connectivity index (χ1) is 11.4. The van der Waals surface area contributed by atoms with E-state index in [4.69, 9.17) is 10.5 Å². The van der Waals surface area contributed by atoms with E-state index >= 15 is 0 Å². The molecule has 1 aromatic rings. The quantitative estimate of drug-likeness (QED) is 0.797. The molecule has 1 aliphatic heterocycles. The number of benzene rings is 1. The second kappa shape index (κ2) is 7.66. The van der Waals surface area contributed by atoms with Crippen LogP contribution in [0.25, 0.3) is 0 Å². The number of carbonyl (C=O) groups is 2. The second-order valence-electron chi connectivity index (χ2n) is 6.31. The maximum Gasteiger partial charge on any atom is 0.267 e. The summed E-state index contributed by atoms with van der Waals surface area (Å²) < 4.78 is 5.59. The van der Waals surface area contributed by atoms with Gasteiger partial charge in [0.25, 0.3) is 5.91 Å². The Balaban J connectivity index is 1.96. The van der Waals surface area contributed by atoms with Crippen molar-refractivity contribution in [3.63, 3.8) is 0 Å². The maximum absolute atomic E-state index is 12.4. The number of carbonyl (C=O) groups excluding carboxylic acids is 2. The van der Waals surface area contributed by atoms with Gasteiger partial charge in [-0.3, -0.25) is 9.59 Å². The molecule has 1 atom stereocenters. The molecule has 132 valence electrons. The molecule has 2 rings (SSSR count). The second-order valence-corrected chi connectivity index (χ2v) is 6.31. The molecule has 1 heterocycles. The third-order valence-corrected chi connectivity index (χ3v) is 4.68. The minimum Gasteiger partial charge on any atom is -0.479 e. The lowest BCUT2D eigenvalue weighted by molar-refractivity contribution is -0.125. The summed E-state index contributed by atoms with van der Waals surface area (Å²) in [4.78, 5) is 26.1. The van der Waals surface area contributed by atoms with Crippen molar-refractivity contribution in [2.75, 3.05) is 18.0 Å². The molecule has 0 saturated carbocycles. The molecule has 0 aliphatic carbocycles. The Morgan fingerprint density at radius 3 is 2.67 bits per heavy atom. The highest BCUT2D eigenvalue weighted by Crippen LogP contribution is 2.33. The predicted molar refractivity (Wildman–Crippen MR) is 94.0 cm³/mol. The summed E-state index contributed by atoms with van der Waals surface area (Å²) in [7, 11) is 0. The molecule has 2 amide bonds. The molecule has 0 fully saturated rings. The molecular formula is C18H27N3O3. The average Bonchev–Trinajstić information content (AvgIpc) is 2.60. The van der Waals surface area contributed by atoms with Crippen molar-refractivity contribution in [3.05, 3.63) is 24.3 Å². The topological polar surface area (TPSA) is 84.7 Å². The van der Waals surface area contributed by atoms with Gasteiger partial charge in [-0.15, -0.1) is 0 Å². The van der Waals surface area contributed by atoms with Gasteiger partial charge < -0.3 is 20.7 Å². The smallest absolute Gasteiger partial charge is 0.267 e. The Morgan fingerprint density at radius 1 is 1.33 bits per heavy atom. The first-order valence-electron chi connectivity index (χ1n) is 8.53. The number of amides is 2. The Kier molecular flexibility index (Phi) is 5.83. The van der Waals surface area contributed by atoms with Gasteiger partial charge in [0.2, 0.25) is 5.91 Å². The molecule has 3 N–H and O–H groups in total. The maximum atomic E-state index is 12.4. The molecule has 6 nitrogen and oxygen atoms in total. The van der Waals surface area contributed by atoms with Gasteiger partial charge in [-0.1, -0.05) is 26.0 Å². The number of hydrogen-bond donors (Lipinski definition) is 2. The van der Waals surface area contributed by atoms with Crippen LogP contribution in [-0.2, 0) is 9.59 Å². The van der Waals surface area contributed by atoms with Crippen LogP contribution in [0.2, 0.25) is 0 Å². The molecule has 0 spiro atoms. The number of hydrogen-bond acceptors (Lipinski definition) is 4. The van der Waals surface area contributed by atoms with Crippen LogP contribution < -0.4 is 20.7 Å². The number of ether oxygens (including phenoxy) is 1. The first kappa shape index (κ1) is 18.3. The van der Waals surface area contributed by atoms with E-state index in [1.165, 1.54) is 0 Å². The normalized spacial score (nSPS) is 17.2. The summed E-state index contributed by atoms with van der Waals surface area (Å²) in [6, 6.07) is 7.37. The van der Waals surface area contributed by atoms with Crippen LogP contribution in [0.3, 0.4) is 0 Å². The minimum absolute atomic E-state index is 0.101. The fourth-order valence-electron chi connectivity index (χ4n) is 2.67. The molecule has 6 heteroatoms. The van der Waals surface area contributed by atoms with Crippen LogP contribution in [0.4, 0.5) is 5.69 Å². The van der Waals surface area contributed by atoms with Crippen LogP contribution >= 0.6 is 0 Å². The van der Waals surface area contributed by atoms with Crippen molar-refractivity contribution < 1.29 is 14.3 Å². The van der Waals surface area contributed by atoms with E-state index in [1.54, 1.807) is 11.8 Å². The van der Waals surface area contributed by atoms with Gasteiger partial charge in [0.05, 0.1) is 5.69 Å². The number of fused-ring (bicyclic) bond motifs is 1. The SMILES string of the molecule is CCC(N)(CC)CNC(=O)CCN1C(=O)C(C)Oc2ccccc21. The van der Waals surface area contributed by atoms with E-state index in [1.807, 2.05) is 38.1 Å². The fourth-order valence-corrected chi connectivity index (χ4v) is 2.67. The highest BCUT2D eigenvalue weighted by atomic mass is 16.5. The number of anilines is 1. The van der Waals surface area contributed by atoms with E-state index in [9.17, 15) is 9.59 Å². The Bertz CT molecular complexity index is 599. The third kappa shape index (κ3) is 4.06. The number of para-hydroxylation sites is 2. The van der Waals surface area contributed by atoms with Crippen LogP contribution in [0.1, 0.15) is 40.0 Å². The molecule has 0 saturated heterocycles. The summed E-state index contributed by atoms with van der Waals surface area (Å²) in [6.45, 7) is 6.52. The lowest BCUT2D eigenvalue weighted by Gasteiger charge is -2.33. The van der Waals surface area contributed by atoms with Crippen LogP contribution in [0.15, 0.2) is 24.3 Å². The Labute approximate surface area is 143 Å². The third-order valence-electron chi connectivity index (χ3n) is 4.68. The van der Waals surface area contributed by atoms with E-state index in [0.717, 1.165) is 12.8 Å². The van der Waals surface area contributed by atoms with Crippen molar-refractivity contribution in [2.24, 2.45) is 5.73 Å². The number of rotatable bonds is 7. The highest BCUT2D eigenvalue weighted by molar-refractivity contribution is 6.00. The largest absolute Gasteiger partial charge is 0.479 e. The molecule has 0 aromatic heterocycles. The summed E-state index contributed by atoms with van der Waals surface area (Å²) in [5, 5.41) is 2.88. The summed E-state index contributed by atoms with van der Waals surface area (Å²) in [5.74, 6) is 0.441. The van der Waals surface area contributed by atoms with Crippen molar-refractivity contribution in [2.45, 2.75) is 51.7 Å². The van der Waals surface area contributed by atoms with Gasteiger partial charge in [-0.25, -0.2) is 0 Å². The zero-order chi connectivity index (χ0) is 17.7. The molecule has 1 aliphatic rings. The molecule has 0 radical (unpaired) electrons. The fraction of sp³-hybridized carbons (Fsp3) is 0.556. The van der Waals surface area contributed by atoms with E-state index in [0.29, 0.717) is 24.5 Å². The molecule has 24 heavy (non-hydrogen) atoms. The summed E-state index contributed by atoms with van der Waals surface area (Å²) in [5.41, 5.74) is 6.53. The molecular weight excluding hydrogens is 306 g/mol. The van der Waals surface area contributed by atoms with E-state index < -0.39 is 6.10 Å². The van der Waals surface area contributed by atoms with Crippen molar-refractivity contribution >= 4 is 17.5 Å². The van der Waals surface area contributed by atoms with E-state index in [-0.39, 0.29) is 23.8 Å². The van der Waals surface area contributed by atoms with Crippen molar-refractivity contribution in [3.8, 4) is 5.75 Å². The zero-order valence-electron chi connectivity index (χ0n) is 14.7. The minimum atomic E-state index is -0.542. The van der Waals surface area contributed by atoms with Gasteiger partial charge in [-0.05, 0) is 31.9 Å². The number of nitrogens with two attached hydrogens (primary N) is 1. The van der Waals surface area contributed by atoms with Crippen LogP contribution in [0, 0.1) is 0 Å². The van der Waals surface area contributed by atoms with Crippen molar-refractivity contribution in [1.82, 2.24) is 5.32 Å². The monoisotopic (exact) mass is 333 g/mol. The lowest BCUT2D eigenvalue weighted by Crippen LogP contribution is -2.50. The number of nitrogens with one attached hydrogen (secondary N) is 1. The Hall–Kier alpha value is -2.08. The van der Waals surface area contributed by atoms with Gasteiger partial charge in [-0.2, -0.15) is 0 Å². The predicted octanol–water partition coefficient (Wildman–Crippen LogP) is 1.82. The van der Waals surface area contributed by atoms with Crippen LogP contribution in [-0.4, -0.2) is 36.5 Å². The summed E-state index contributed by atoms with van der Waals surface area (Å²) >= 11 is 0.